The summed E-state index contributed by atoms with van der Waals surface area (Å²) in [6.45, 7) is 12.1. The van der Waals surface area contributed by atoms with E-state index in [0.29, 0.717) is 24.4 Å². The quantitative estimate of drug-likeness (QED) is 0.720. The summed E-state index contributed by atoms with van der Waals surface area (Å²) in [5.41, 5.74) is 0. The van der Waals surface area contributed by atoms with Crippen LogP contribution in [0.25, 0.3) is 0 Å². The Hall–Kier alpha value is -1.14. The smallest absolute Gasteiger partial charge is 0.239 e. The maximum atomic E-state index is 12.8. The van der Waals surface area contributed by atoms with Crippen LogP contribution in [0.5, 0.6) is 0 Å². The molecule has 3 aliphatic heterocycles. The average Bonchev–Trinajstić information content (AvgIpc) is 2.73. The molecule has 6 nitrogen and oxygen atoms in total. The summed E-state index contributed by atoms with van der Waals surface area (Å²) in [6.07, 6.45) is 6.44. The maximum Gasteiger partial charge on any atom is 0.239 e. The van der Waals surface area contributed by atoms with E-state index in [9.17, 15) is 9.59 Å². The van der Waals surface area contributed by atoms with Gasteiger partial charge in [0, 0.05) is 52.3 Å². The van der Waals surface area contributed by atoms with Gasteiger partial charge in [-0.2, -0.15) is 0 Å². The summed E-state index contributed by atoms with van der Waals surface area (Å²) in [4.78, 5) is 31.8. The first-order valence-electron chi connectivity index (χ1n) is 11.4. The van der Waals surface area contributed by atoms with Gasteiger partial charge in [0.1, 0.15) is 0 Å². The van der Waals surface area contributed by atoms with Crippen molar-refractivity contribution in [1.29, 1.82) is 0 Å². The minimum absolute atomic E-state index is 0.0716. The van der Waals surface area contributed by atoms with Crippen LogP contribution in [0.1, 0.15) is 59.3 Å². The van der Waals surface area contributed by atoms with E-state index >= 15 is 0 Å². The Kier molecular flexibility index (Phi) is 7.75. The molecule has 3 heterocycles. The molecule has 3 rings (SSSR count). The standard InChI is InChI=1S/C22H39N3O3/c1-17(2)20-15-19(7-14-28-20)16-21(26)24-12-10-23(11-13-24)18(3)22(27)25-8-5-4-6-9-25/h17-20H,4-16H2,1-3H3/t18-,19-,20+/m1/s1. The highest BCUT2D eigenvalue weighted by molar-refractivity contribution is 5.81. The number of amides is 2. The number of ether oxygens (including phenoxy) is 1. The highest BCUT2D eigenvalue weighted by atomic mass is 16.5. The van der Waals surface area contributed by atoms with Crippen molar-refractivity contribution in [2.45, 2.75) is 71.4 Å². The van der Waals surface area contributed by atoms with Gasteiger partial charge in [-0.05, 0) is 50.9 Å². The van der Waals surface area contributed by atoms with Gasteiger partial charge in [-0.3, -0.25) is 14.5 Å². The van der Waals surface area contributed by atoms with E-state index < -0.39 is 0 Å². The highest BCUT2D eigenvalue weighted by Crippen LogP contribution is 2.28. The SMILES string of the molecule is CC(C)[C@@H]1C[C@H](CC(=O)N2CCN([C@H](C)C(=O)N3CCCCC3)CC2)CCO1. The van der Waals surface area contributed by atoms with Crippen LogP contribution in [-0.4, -0.2) is 84.5 Å². The van der Waals surface area contributed by atoms with Crippen molar-refractivity contribution in [3.05, 3.63) is 0 Å². The monoisotopic (exact) mass is 393 g/mol. The van der Waals surface area contributed by atoms with E-state index in [1.807, 2.05) is 16.7 Å². The molecule has 3 fully saturated rings. The molecular formula is C22H39N3O3. The summed E-state index contributed by atoms with van der Waals surface area (Å²) in [6, 6.07) is -0.0716. The molecule has 160 valence electrons. The molecule has 3 saturated heterocycles. The minimum Gasteiger partial charge on any atom is -0.378 e. The lowest BCUT2D eigenvalue weighted by molar-refractivity contribution is -0.140. The summed E-state index contributed by atoms with van der Waals surface area (Å²) >= 11 is 0. The molecule has 28 heavy (non-hydrogen) atoms. The first-order valence-corrected chi connectivity index (χ1v) is 11.4. The maximum absolute atomic E-state index is 12.8. The summed E-state index contributed by atoms with van der Waals surface area (Å²) in [5.74, 6) is 1.51. The molecule has 3 aliphatic rings. The van der Waals surface area contributed by atoms with Gasteiger partial charge in [0.25, 0.3) is 0 Å². The zero-order chi connectivity index (χ0) is 20.1. The second-order valence-electron chi connectivity index (χ2n) is 9.23. The number of likely N-dealkylation sites (tertiary alicyclic amines) is 1. The third-order valence-corrected chi connectivity index (χ3v) is 6.87. The van der Waals surface area contributed by atoms with E-state index in [2.05, 4.69) is 18.7 Å². The number of carbonyl (C=O) groups is 2. The summed E-state index contributed by atoms with van der Waals surface area (Å²) < 4.78 is 5.84. The van der Waals surface area contributed by atoms with Crippen molar-refractivity contribution in [2.75, 3.05) is 45.9 Å². The van der Waals surface area contributed by atoms with Gasteiger partial charge in [0.15, 0.2) is 0 Å². The zero-order valence-electron chi connectivity index (χ0n) is 18.1. The number of piperazine rings is 1. The van der Waals surface area contributed by atoms with Crippen molar-refractivity contribution < 1.29 is 14.3 Å². The van der Waals surface area contributed by atoms with Crippen molar-refractivity contribution in [1.82, 2.24) is 14.7 Å². The Balaban J connectivity index is 1.42. The lowest BCUT2D eigenvalue weighted by Crippen LogP contribution is -2.56. The van der Waals surface area contributed by atoms with Gasteiger partial charge in [-0.25, -0.2) is 0 Å². The van der Waals surface area contributed by atoms with Gasteiger partial charge >= 0.3 is 0 Å². The highest BCUT2D eigenvalue weighted by Gasteiger charge is 2.32. The van der Waals surface area contributed by atoms with Crippen LogP contribution < -0.4 is 0 Å². The van der Waals surface area contributed by atoms with Crippen LogP contribution in [0.4, 0.5) is 0 Å². The van der Waals surface area contributed by atoms with E-state index in [-0.39, 0.29) is 17.9 Å². The second-order valence-corrected chi connectivity index (χ2v) is 9.23. The first-order chi connectivity index (χ1) is 13.5. The first kappa shape index (κ1) is 21.6. The molecular weight excluding hydrogens is 354 g/mol. The third-order valence-electron chi connectivity index (χ3n) is 6.87. The lowest BCUT2D eigenvalue weighted by atomic mass is 9.87. The lowest BCUT2D eigenvalue weighted by Gasteiger charge is -2.40. The molecule has 0 unspecified atom stereocenters. The van der Waals surface area contributed by atoms with Gasteiger partial charge in [0.05, 0.1) is 12.1 Å². The van der Waals surface area contributed by atoms with E-state index in [0.717, 1.165) is 71.6 Å². The Labute approximate surface area is 170 Å². The molecule has 0 aromatic rings. The Morgan fingerprint density at radius 3 is 2.25 bits per heavy atom. The Morgan fingerprint density at radius 1 is 0.929 bits per heavy atom. The van der Waals surface area contributed by atoms with Gasteiger partial charge < -0.3 is 14.5 Å². The summed E-state index contributed by atoms with van der Waals surface area (Å²) in [5, 5.41) is 0. The predicted octanol–water partition coefficient (Wildman–Crippen LogP) is 2.37. The van der Waals surface area contributed by atoms with Crippen molar-refractivity contribution >= 4 is 11.8 Å². The van der Waals surface area contributed by atoms with Crippen molar-refractivity contribution in [3.8, 4) is 0 Å². The zero-order valence-corrected chi connectivity index (χ0v) is 18.1. The molecule has 3 atom stereocenters. The van der Waals surface area contributed by atoms with Crippen LogP contribution in [0, 0.1) is 11.8 Å². The van der Waals surface area contributed by atoms with Crippen LogP contribution in [-0.2, 0) is 14.3 Å². The topological polar surface area (TPSA) is 53.1 Å². The molecule has 0 N–H and O–H groups in total. The molecule has 0 aliphatic carbocycles. The van der Waals surface area contributed by atoms with Crippen LogP contribution in [0.3, 0.4) is 0 Å². The molecule has 0 bridgehead atoms. The van der Waals surface area contributed by atoms with E-state index in [1.54, 1.807) is 0 Å². The average molecular weight is 394 g/mol. The molecule has 0 spiro atoms. The van der Waals surface area contributed by atoms with Crippen LogP contribution in [0.2, 0.25) is 0 Å². The van der Waals surface area contributed by atoms with Gasteiger partial charge in [0.2, 0.25) is 11.8 Å². The van der Waals surface area contributed by atoms with Gasteiger partial charge in [-0.15, -0.1) is 0 Å². The molecule has 2 amide bonds. The third kappa shape index (κ3) is 5.47. The van der Waals surface area contributed by atoms with Crippen molar-refractivity contribution in [3.63, 3.8) is 0 Å². The number of hydrogen-bond acceptors (Lipinski definition) is 4. The number of piperidine rings is 1. The fourth-order valence-corrected chi connectivity index (χ4v) is 4.82. The number of rotatable bonds is 5. The van der Waals surface area contributed by atoms with Crippen LogP contribution in [0.15, 0.2) is 0 Å². The fraction of sp³-hybridized carbons (Fsp3) is 0.909. The van der Waals surface area contributed by atoms with E-state index in [4.69, 9.17) is 4.74 Å². The second kappa shape index (κ2) is 10.1. The molecule has 0 saturated carbocycles. The minimum atomic E-state index is -0.0716. The molecule has 0 radical (unpaired) electrons. The Bertz CT molecular complexity index is 525. The number of carbonyl (C=O) groups excluding carboxylic acids is 2. The fourth-order valence-electron chi connectivity index (χ4n) is 4.82. The van der Waals surface area contributed by atoms with Crippen LogP contribution >= 0.6 is 0 Å². The Morgan fingerprint density at radius 2 is 1.61 bits per heavy atom. The summed E-state index contributed by atoms with van der Waals surface area (Å²) in [7, 11) is 0. The molecule has 0 aromatic heterocycles. The molecule has 0 aromatic carbocycles. The largest absolute Gasteiger partial charge is 0.378 e. The number of hydrogen-bond donors (Lipinski definition) is 0. The normalized spacial score (nSPS) is 28.4. The molecule has 6 heteroatoms. The number of nitrogens with zero attached hydrogens (tertiary/aromatic N) is 3. The predicted molar refractivity (Wildman–Crippen MR) is 110 cm³/mol. The van der Waals surface area contributed by atoms with Crippen molar-refractivity contribution in [2.24, 2.45) is 11.8 Å². The van der Waals surface area contributed by atoms with E-state index in [1.165, 1.54) is 6.42 Å². The van der Waals surface area contributed by atoms with Gasteiger partial charge in [-0.1, -0.05) is 13.8 Å².